The Labute approximate surface area is 83.3 Å². The minimum atomic E-state index is -0.776. The Balaban J connectivity index is 2.69. The van der Waals surface area contributed by atoms with E-state index in [9.17, 15) is 9.90 Å². The molecule has 76 valence electrons. The second kappa shape index (κ2) is 4.77. The average molecular weight is 194 g/mol. The van der Waals surface area contributed by atoms with Crippen LogP contribution in [-0.2, 0) is 9.53 Å². The van der Waals surface area contributed by atoms with E-state index in [2.05, 4.69) is 4.74 Å². The number of rotatable bonds is 3. The molecule has 3 heteroatoms. The van der Waals surface area contributed by atoms with Crippen molar-refractivity contribution in [1.82, 2.24) is 0 Å². The molecule has 14 heavy (non-hydrogen) atoms. The molecule has 0 bridgehead atoms. The fourth-order valence-corrected chi connectivity index (χ4v) is 1.24. The minimum Gasteiger partial charge on any atom is -0.469 e. The van der Waals surface area contributed by atoms with E-state index in [1.165, 1.54) is 7.11 Å². The smallest absolute Gasteiger partial charge is 0.308 e. The first-order valence-electron chi connectivity index (χ1n) is 4.45. The van der Waals surface area contributed by atoms with Crippen LogP contribution in [0.5, 0.6) is 0 Å². The van der Waals surface area contributed by atoms with Crippen molar-refractivity contribution in [3.05, 3.63) is 35.4 Å². The average Bonchev–Trinajstić information content (AvgIpc) is 2.17. The van der Waals surface area contributed by atoms with Gasteiger partial charge in [0.15, 0.2) is 0 Å². The van der Waals surface area contributed by atoms with Crippen LogP contribution in [0, 0.1) is 6.92 Å². The van der Waals surface area contributed by atoms with Gasteiger partial charge < -0.3 is 9.84 Å². The molecule has 1 aromatic rings. The Morgan fingerprint density at radius 3 is 2.86 bits per heavy atom. The lowest BCUT2D eigenvalue weighted by atomic mass is 10.0. The lowest BCUT2D eigenvalue weighted by molar-refractivity contribution is -0.142. The van der Waals surface area contributed by atoms with Gasteiger partial charge in [0.05, 0.1) is 19.6 Å². The third-order valence-corrected chi connectivity index (χ3v) is 2.01. The number of hydrogen-bond acceptors (Lipinski definition) is 3. The number of aliphatic hydroxyl groups excluding tert-OH is 1. The first kappa shape index (κ1) is 10.7. The maximum absolute atomic E-state index is 10.9. The number of aliphatic hydroxyl groups is 1. The number of aryl methyl sites for hydroxylation is 1. The maximum atomic E-state index is 10.9. The Hall–Kier alpha value is -1.35. The van der Waals surface area contributed by atoms with Crippen LogP contribution in [0.3, 0.4) is 0 Å². The molecule has 0 spiro atoms. The second-order valence-corrected chi connectivity index (χ2v) is 3.21. The fraction of sp³-hybridized carbons (Fsp3) is 0.364. The zero-order chi connectivity index (χ0) is 10.6. The highest BCUT2D eigenvalue weighted by molar-refractivity contribution is 5.70. The van der Waals surface area contributed by atoms with E-state index in [-0.39, 0.29) is 6.42 Å². The number of carbonyl (C=O) groups is 1. The summed E-state index contributed by atoms with van der Waals surface area (Å²) in [5.74, 6) is -0.404. The van der Waals surface area contributed by atoms with E-state index >= 15 is 0 Å². The molecule has 0 heterocycles. The zero-order valence-corrected chi connectivity index (χ0v) is 8.36. The molecule has 0 unspecified atom stereocenters. The Morgan fingerprint density at radius 1 is 1.57 bits per heavy atom. The summed E-state index contributed by atoms with van der Waals surface area (Å²) in [6.45, 7) is 1.94. The SMILES string of the molecule is COC(=O)C[C@H](O)c1cccc(C)c1. The van der Waals surface area contributed by atoms with Crippen LogP contribution in [0.4, 0.5) is 0 Å². The third kappa shape index (κ3) is 2.85. The van der Waals surface area contributed by atoms with Gasteiger partial charge in [-0.05, 0) is 12.5 Å². The van der Waals surface area contributed by atoms with Crippen molar-refractivity contribution in [3.63, 3.8) is 0 Å². The van der Waals surface area contributed by atoms with Gasteiger partial charge in [0.25, 0.3) is 0 Å². The second-order valence-electron chi connectivity index (χ2n) is 3.21. The molecule has 1 atom stereocenters. The van der Waals surface area contributed by atoms with Crippen LogP contribution in [0.25, 0.3) is 0 Å². The van der Waals surface area contributed by atoms with E-state index in [0.717, 1.165) is 11.1 Å². The van der Waals surface area contributed by atoms with Gasteiger partial charge >= 0.3 is 5.97 Å². The van der Waals surface area contributed by atoms with Crippen molar-refractivity contribution >= 4 is 5.97 Å². The number of ether oxygens (including phenoxy) is 1. The molecule has 1 rings (SSSR count). The highest BCUT2D eigenvalue weighted by Crippen LogP contribution is 2.17. The predicted octanol–water partition coefficient (Wildman–Crippen LogP) is 1.59. The van der Waals surface area contributed by atoms with Crippen LogP contribution < -0.4 is 0 Å². The summed E-state index contributed by atoms with van der Waals surface area (Å²) < 4.78 is 4.47. The van der Waals surface area contributed by atoms with Crippen molar-refractivity contribution in [2.45, 2.75) is 19.4 Å². The first-order valence-corrected chi connectivity index (χ1v) is 4.45. The monoisotopic (exact) mass is 194 g/mol. The van der Waals surface area contributed by atoms with E-state index < -0.39 is 12.1 Å². The lowest BCUT2D eigenvalue weighted by Gasteiger charge is -2.09. The third-order valence-electron chi connectivity index (χ3n) is 2.01. The predicted molar refractivity (Wildman–Crippen MR) is 52.8 cm³/mol. The number of methoxy groups -OCH3 is 1. The molecular formula is C11H14O3. The van der Waals surface area contributed by atoms with E-state index in [1.54, 1.807) is 6.07 Å². The molecule has 0 saturated heterocycles. The summed E-state index contributed by atoms with van der Waals surface area (Å²) in [5.41, 5.74) is 1.81. The molecule has 0 saturated carbocycles. The summed E-state index contributed by atoms with van der Waals surface area (Å²) in [6, 6.07) is 7.44. The largest absolute Gasteiger partial charge is 0.469 e. The maximum Gasteiger partial charge on any atom is 0.308 e. The molecule has 0 amide bonds. The van der Waals surface area contributed by atoms with Crippen molar-refractivity contribution in [2.75, 3.05) is 7.11 Å². The van der Waals surface area contributed by atoms with E-state index in [1.807, 2.05) is 25.1 Å². The van der Waals surface area contributed by atoms with Gasteiger partial charge in [-0.2, -0.15) is 0 Å². The van der Waals surface area contributed by atoms with Crippen LogP contribution >= 0.6 is 0 Å². The van der Waals surface area contributed by atoms with Gasteiger partial charge in [0, 0.05) is 0 Å². The Bertz CT molecular complexity index is 320. The van der Waals surface area contributed by atoms with Crippen molar-refractivity contribution in [1.29, 1.82) is 0 Å². The fourth-order valence-electron chi connectivity index (χ4n) is 1.24. The molecular weight excluding hydrogens is 180 g/mol. The molecule has 0 aromatic heterocycles. The van der Waals surface area contributed by atoms with Gasteiger partial charge in [0.1, 0.15) is 0 Å². The van der Waals surface area contributed by atoms with Crippen molar-refractivity contribution in [3.8, 4) is 0 Å². The van der Waals surface area contributed by atoms with Crippen LogP contribution in [-0.4, -0.2) is 18.2 Å². The quantitative estimate of drug-likeness (QED) is 0.743. The highest BCUT2D eigenvalue weighted by atomic mass is 16.5. The van der Waals surface area contributed by atoms with Crippen LogP contribution in [0.15, 0.2) is 24.3 Å². The van der Waals surface area contributed by atoms with Crippen LogP contribution in [0.2, 0.25) is 0 Å². The number of hydrogen-bond donors (Lipinski definition) is 1. The zero-order valence-electron chi connectivity index (χ0n) is 8.36. The lowest BCUT2D eigenvalue weighted by Crippen LogP contribution is -2.08. The van der Waals surface area contributed by atoms with Gasteiger partial charge in [-0.3, -0.25) is 4.79 Å². The topological polar surface area (TPSA) is 46.5 Å². The van der Waals surface area contributed by atoms with Crippen molar-refractivity contribution < 1.29 is 14.6 Å². The minimum absolute atomic E-state index is 0.0000463. The summed E-state index contributed by atoms with van der Waals surface area (Å²) in [6.07, 6.45) is -0.776. The number of esters is 1. The standard InChI is InChI=1S/C11H14O3/c1-8-4-3-5-9(6-8)10(12)7-11(13)14-2/h3-6,10,12H,7H2,1-2H3/t10-/m0/s1. The van der Waals surface area contributed by atoms with Gasteiger partial charge in [0.2, 0.25) is 0 Å². The summed E-state index contributed by atoms with van der Waals surface area (Å²) in [4.78, 5) is 10.9. The molecule has 0 fully saturated rings. The molecule has 0 aliphatic carbocycles. The van der Waals surface area contributed by atoms with Crippen molar-refractivity contribution in [2.24, 2.45) is 0 Å². The Kier molecular flexibility index (Phi) is 3.65. The summed E-state index contributed by atoms with van der Waals surface area (Å²) in [5, 5.41) is 9.65. The number of benzene rings is 1. The molecule has 3 nitrogen and oxygen atoms in total. The molecule has 0 radical (unpaired) electrons. The van der Waals surface area contributed by atoms with Crippen LogP contribution in [0.1, 0.15) is 23.7 Å². The normalized spacial score (nSPS) is 12.2. The van der Waals surface area contributed by atoms with E-state index in [0.29, 0.717) is 0 Å². The first-order chi connectivity index (χ1) is 6.63. The molecule has 1 N–H and O–H groups in total. The van der Waals surface area contributed by atoms with Gasteiger partial charge in [-0.15, -0.1) is 0 Å². The summed E-state index contributed by atoms with van der Waals surface area (Å²) >= 11 is 0. The Morgan fingerprint density at radius 2 is 2.29 bits per heavy atom. The summed E-state index contributed by atoms with van der Waals surface area (Å²) in [7, 11) is 1.31. The molecule has 1 aromatic carbocycles. The van der Waals surface area contributed by atoms with Gasteiger partial charge in [-0.25, -0.2) is 0 Å². The van der Waals surface area contributed by atoms with E-state index in [4.69, 9.17) is 0 Å². The van der Waals surface area contributed by atoms with Gasteiger partial charge in [-0.1, -0.05) is 29.8 Å². The molecule has 0 aliphatic heterocycles. The number of carbonyl (C=O) groups excluding carboxylic acids is 1. The highest BCUT2D eigenvalue weighted by Gasteiger charge is 2.12. The molecule has 0 aliphatic rings.